The molecule has 3 aliphatic heterocycles. The van der Waals surface area contributed by atoms with Gasteiger partial charge in [0.1, 0.15) is 0 Å². The van der Waals surface area contributed by atoms with E-state index in [2.05, 4.69) is 15.4 Å². The molecule has 0 atom stereocenters. The van der Waals surface area contributed by atoms with Gasteiger partial charge in [0.2, 0.25) is 0 Å². The van der Waals surface area contributed by atoms with Crippen LogP contribution in [-0.2, 0) is 0 Å². The standard InChI is InChI=1S/C9H16N4O/c10-8(14)12-11-7-9-1-4-13(5-2-9)6-3-9/h7H,1-6H2,(H3,10,12,14)/b11-7+. The first-order chi connectivity index (χ1) is 6.70. The fourth-order valence-corrected chi connectivity index (χ4v) is 2.28. The quantitative estimate of drug-likeness (QED) is 0.486. The summed E-state index contributed by atoms with van der Waals surface area (Å²) in [5.74, 6) is 0. The Morgan fingerprint density at radius 3 is 2.43 bits per heavy atom. The fraction of sp³-hybridized carbons (Fsp3) is 0.778. The molecular weight excluding hydrogens is 180 g/mol. The second-order valence-corrected chi connectivity index (χ2v) is 4.19. The van der Waals surface area contributed by atoms with E-state index in [1.165, 1.54) is 0 Å². The highest BCUT2D eigenvalue weighted by Crippen LogP contribution is 2.38. The van der Waals surface area contributed by atoms with Gasteiger partial charge in [-0.25, -0.2) is 10.2 Å². The van der Waals surface area contributed by atoms with E-state index in [9.17, 15) is 4.79 Å². The summed E-state index contributed by atoms with van der Waals surface area (Å²) in [4.78, 5) is 12.9. The maximum atomic E-state index is 10.4. The highest BCUT2D eigenvalue weighted by atomic mass is 16.2. The largest absolute Gasteiger partial charge is 0.350 e. The van der Waals surface area contributed by atoms with Crippen LogP contribution in [0.3, 0.4) is 0 Å². The van der Waals surface area contributed by atoms with Crippen molar-refractivity contribution < 1.29 is 4.79 Å². The van der Waals surface area contributed by atoms with E-state index in [0.717, 1.165) is 38.9 Å². The van der Waals surface area contributed by atoms with Gasteiger partial charge in [-0.15, -0.1) is 0 Å². The van der Waals surface area contributed by atoms with Gasteiger partial charge in [0.25, 0.3) is 0 Å². The number of carbonyl (C=O) groups is 1. The number of primary amides is 1. The Hall–Kier alpha value is -1.10. The lowest BCUT2D eigenvalue weighted by molar-refractivity contribution is 0.0777. The maximum Gasteiger partial charge on any atom is 0.332 e. The van der Waals surface area contributed by atoms with Gasteiger partial charge in [-0.05, 0) is 38.9 Å². The Balaban J connectivity index is 1.94. The summed E-state index contributed by atoms with van der Waals surface area (Å²) in [6.07, 6.45) is 5.33. The van der Waals surface area contributed by atoms with Crippen molar-refractivity contribution in [1.29, 1.82) is 0 Å². The molecule has 3 heterocycles. The number of amides is 2. The summed E-state index contributed by atoms with van der Waals surface area (Å²) in [5.41, 5.74) is 7.41. The molecule has 0 radical (unpaired) electrons. The first-order valence-corrected chi connectivity index (χ1v) is 5.02. The van der Waals surface area contributed by atoms with E-state index in [0.29, 0.717) is 0 Å². The second-order valence-electron chi connectivity index (χ2n) is 4.19. The number of carbonyl (C=O) groups excluding carboxylic acids is 1. The monoisotopic (exact) mass is 196 g/mol. The zero-order valence-corrected chi connectivity index (χ0v) is 8.20. The molecule has 5 heteroatoms. The smallest absolute Gasteiger partial charge is 0.332 e. The van der Waals surface area contributed by atoms with Crippen molar-refractivity contribution in [1.82, 2.24) is 10.3 Å². The number of urea groups is 1. The van der Waals surface area contributed by atoms with Crippen LogP contribution in [0.4, 0.5) is 4.79 Å². The molecular formula is C9H16N4O. The number of fused-ring (bicyclic) bond motifs is 3. The highest BCUT2D eigenvalue weighted by Gasteiger charge is 2.37. The molecule has 0 spiro atoms. The molecule has 0 aromatic heterocycles. The molecule has 3 N–H and O–H groups in total. The average molecular weight is 196 g/mol. The molecule has 14 heavy (non-hydrogen) atoms. The van der Waals surface area contributed by atoms with Gasteiger partial charge in [0, 0.05) is 11.6 Å². The van der Waals surface area contributed by atoms with Gasteiger partial charge in [0.05, 0.1) is 0 Å². The summed E-state index contributed by atoms with van der Waals surface area (Å²) in [7, 11) is 0. The lowest BCUT2D eigenvalue weighted by Gasteiger charge is -2.46. The average Bonchev–Trinajstić information content (AvgIpc) is 2.19. The van der Waals surface area contributed by atoms with Gasteiger partial charge in [-0.3, -0.25) is 0 Å². The number of nitrogens with zero attached hydrogens (tertiary/aromatic N) is 2. The first kappa shape index (κ1) is 9.45. The van der Waals surface area contributed by atoms with E-state index in [-0.39, 0.29) is 5.41 Å². The zero-order chi connectivity index (χ0) is 10.0. The van der Waals surface area contributed by atoms with Crippen molar-refractivity contribution in [3.63, 3.8) is 0 Å². The Kier molecular flexibility index (Phi) is 2.41. The van der Waals surface area contributed by atoms with Crippen LogP contribution < -0.4 is 11.2 Å². The van der Waals surface area contributed by atoms with Crippen LogP contribution >= 0.6 is 0 Å². The van der Waals surface area contributed by atoms with Crippen molar-refractivity contribution >= 4 is 12.2 Å². The molecule has 3 saturated heterocycles. The molecule has 0 unspecified atom stereocenters. The predicted molar refractivity (Wildman–Crippen MR) is 53.9 cm³/mol. The minimum absolute atomic E-state index is 0.219. The minimum atomic E-state index is -0.592. The molecule has 0 aliphatic carbocycles. The molecule has 3 fully saturated rings. The van der Waals surface area contributed by atoms with E-state index in [1.54, 1.807) is 0 Å². The molecule has 5 nitrogen and oxygen atoms in total. The van der Waals surface area contributed by atoms with Crippen LogP contribution in [-0.4, -0.2) is 36.8 Å². The first-order valence-electron chi connectivity index (χ1n) is 5.02. The minimum Gasteiger partial charge on any atom is -0.350 e. The van der Waals surface area contributed by atoms with Crippen molar-refractivity contribution in [2.45, 2.75) is 19.3 Å². The number of hydrogen-bond acceptors (Lipinski definition) is 3. The van der Waals surface area contributed by atoms with Crippen LogP contribution in [0, 0.1) is 5.41 Å². The molecule has 2 bridgehead atoms. The van der Waals surface area contributed by atoms with Crippen LogP contribution in [0.25, 0.3) is 0 Å². The van der Waals surface area contributed by atoms with Crippen molar-refractivity contribution in [3.8, 4) is 0 Å². The van der Waals surface area contributed by atoms with E-state index < -0.39 is 6.03 Å². The number of hydrazone groups is 1. The van der Waals surface area contributed by atoms with Gasteiger partial charge >= 0.3 is 6.03 Å². The topological polar surface area (TPSA) is 70.7 Å². The number of hydrogen-bond donors (Lipinski definition) is 2. The number of nitrogens with one attached hydrogen (secondary N) is 1. The van der Waals surface area contributed by atoms with Crippen LogP contribution in [0.5, 0.6) is 0 Å². The number of rotatable bonds is 2. The van der Waals surface area contributed by atoms with E-state index >= 15 is 0 Å². The molecule has 0 aromatic rings. The molecule has 78 valence electrons. The van der Waals surface area contributed by atoms with Crippen LogP contribution in [0.2, 0.25) is 0 Å². The lowest BCUT2D eigenvalue weighted by Crippen LogP contribution is -2.49. The summed E-state index contributed by atoms with van der Waals surface area (Å²) in [6.45, 7) is 3.47. The van der Waals surface area contributed by atoms with Crippen molar-refractivity contribution in [2.75, 3.05) is 19.6 Å². The molecule has 0 aromatic carbocycles. The third-order valence-electron chi connectivity index (χ3n) is 3.29. The second kappa shape index (κ2) is 3.57. The maximum absolute atomic E-state index is 10.4. The Bertz CT molecular complexity index is 242. The number of piperidine rings is 3. The van der Waals surface area contributed by atoms with Gasteiger partial charge in [-0.2, -0.15) is 5.10 Å². The molecule has 3 rings (SSSR count). The summed E-state index contributed by atoms with van der Waals surface area (Å²) < 4.78 is 0. The van der Waals surface area contributed by atoms with Crippen LogP contribution in [0.1, 0.15) is 19.3 Å². The third kappa shape index (κ3) is 1.87. The fourth-order valence-electron chi connectivity index (χ4n) is 2.28. The molecule has 3 aliphatic rings. The Morgan fingerprint density at radius 1 is 1.36 bits per heavy atom. The molecule has 0 saturated carbocycles. The lowest BCUT2D eigenvalue weighted by atomic mass is 9.73. The summed E-state index contributed by atoms with van der Waals surface area (Å²) >= 11 is 0. The third-order valence-corrected chi connectivity index (χ3v) is 3.29. The number of nitrogens with two attached hydrogens (primary N) is 1. The predicted octanol–water partition coefficient (Wildman–Crippen LogP) is 0.126. The molecule has 2 amide bonds. The van der Waals surface area contributed by atoms with Gasteiger partial charge < -0.3 is 10.6 Å². The van der Waals surface area contributed by atoms with Gasteiger partial charge in [0.15, 0.2) is 0 Å². The summed E-state index contributed by atoms with van der Waals surface area (Å²) in [6, 6.07) is -0.592. The van der Waals surface area contributed by atoms with Gasteiger partial charge in [-0.1, -0.05) is 0 Å². The van der Waals surface area contributed by atoms with E-state index in [1.807, 2.05) is 6.21 Å². The SMILES string of the molecule is NC(=O)N/N=C/C12CCN(CC1)CC2. The van der Waals surface area contributed by atoms with Crippen molar-refractivity contribution in [2.24, 2.45) is 16.3 Å². The Labute approximate surface area is 83.3 Å². The van der Waals surface area contributed by atoms with E-state index in [4.69, 9.17) is 5.73 Å². The zero-order valence-electron chi connectivity index (χ0n) is 8.20. The normalized spacial score (nSPS) is 36.1. The van der Waals surface area contributed by atoms with Crippen LogP contribution in [0.15, 0.2) is 5.10 Å². The van der Waals surface area contributed by atoms with Crippen molar-refractivity contribution in [3.05, 3.63) is 0 Å². The Morgan fingerprint density at radius 2 is 1.93 bits per heavy atom. The summed E-state index contributed by atoms with van der Waals surface area (Å²) in [5, 5.41) is 3.89. The highest BCUT2D eigenvalue weighted by molar-refractivity contribution is 5.74.